The van der Waals surface area contributed by atoms with E-state index >= 15 is 0 Å². The lowest BCUT2D eigenvalue weighted by Gasteiger charge is -2.17. The van der Waals surface area contributed by atoms with Crippen molar-refractivity contribution < 1.29 is 18.3 Å². The number of halogens is 2. The van der Waals surface area contributed by atoms with E-state index in [1.165, 1.54) is 12.1 Å². The smallest absolute Gasteiger partial charge is 0.387 e. The predicted molar refractivity (Wildman–Crippen MR) is 77.2 cm³/mol. The van der Waals surface area contributed by atoms with Gasteiger partial charge in [0.1, 0.15) is 5.75 Å². The second-order valence-electron chi connectivity index (χ2n) is 4.97. The molecule has 0 radical (unpaired) electrons. The maximum absolute atomic E-state index is 12.0. The number of hydrogen-bond donors (Lipinski definition) is 2. The first-order valence-electron chi connectivity index (χ1n) is 7.01. The molecule has 0 fully saturated rings. The molecular weight excluding hydrogens is 278 g/mol. The number of nitrogens with one attached hydrogen (secondary N) is 1. The van der Waals surface area contributed by atoms with Crippen LogP contribution in [0, 0.1) is 5.92 Å². The van der Waals surface area contributed by atoms with E-state index < -0.39 is 12.7 Å². The second-order valence-corrected chi connectivity index (χ2v) is 4.97. The highest BCUT2D eigenvalue weighted by Crippen LogP contribution is 2.15. The molecule has 118 valence electrons. The molecule has 6 heteroatoms. The maximum Gasteiger partial charge on any atom is 0.387 e. The zero-order valence-corrected chi connectivity index (χ0v) is 12.3. The van der Waals surface area contributed by atoms with Gasteiger partial charge in [-0.25, -0.2) is 0 Å². The fraction of sp³-hybridized carbons (Fsp3) is 0.533. The Labute approximate surface area is 123 Å². The summed E-state index contributed by atoms with van der Waals surface area (Å²) in [6.45, 7) is 1.56. The molecule has 3 N–H and O–H groups in total. The van der Waals surface area contributed by atoms with Gasteiger partial charge >= 0.3 is 6.61 Å². The fourth-order valence-electron chi connectivity index (χ4n) is 1.80. The largest absolute Gasteiger partial charge is 0.435 e. The Hall–Kier alpha value is -1.69. The summed E-state index contributed by atoms with van der Waals surface area (Å²) >= 11 is 0. The van der Waals surface area contributed by atoms with Crippen LogP contribution in [-0.2, 0) is 11.2 Å². The van der Waals surface area contributed by atoms with Crippen LogP contribution in [0.15, 0.2) is 24.3 Å². The first-order valence-corrected chi connectivity index (χ1v) is 7.01. The van der Waals surface area contributed by atoms with Crippen LogP contribution in [0.4, 0.5) is 8.78 Å². The highest BCUT2D eigenvalue weighted by Gasteiger charge is 2.18. The van der Waals surface area contributed by atoms with Crippen molar-refractivity contribution in [1.82, 2.24) is 5.32 Å². The minimum Gasteiger partial charge on any atom is -0.435 e. The van der Waals surface area contributed by atoms with Crippen molar-refractivity contribution in [3.63, 3.8) is 0 Å². The standard InChI is InChI=1S/C15H22F2N2O2/c1-3-10(2)13(18)14(20)19-9-8-11-4-6-12(7-5-11)21-15(16)17/h4-7,10,13,15H,3,8-9,18H2,1-2H3,(H,19,20). The summed E-state index contributed by atoms with van der Waals surface area (Å²) in [6, 6.07) is 5.84. The first kappa shape index (κ1) is 17.4. The van der Waals surface area contributed by atoms with Crippen LogP contribution in [0.3, 0.4) is 0 Å². The summed E-state index contributed by atoms with van der Waals surface area (Å²) in [5, 5.41) is 2.78. The van der Waals surface area contributed by atoms with Crippen LogP contribution in [0.2, 0.25) is 0 Å². The summed E-state index contributed by atoms with van der Waals surface area (Å²) in [4.78, 5) is 11.8. The van der Waals surface area contributed by atoms with Crippen molar-refractivity contribution in [1.29, 1.82) is 0 Å². The Morgan fingerprint density at radius 2 is 1.95 bits per heavy atom. The normalized spacial score (nSPS) is 13.8. The van der Waals surface area contributed by atoms with Gasteiger partial charge in [-0.2, -0.15) is 8.78 Å². The van der Waals surface area contributed by atoms with Crippen LogP contribution in [0.25, 0.3) is 0 Å². The van der Waals surface area contributed by atoms with E-state index in [2.05, 4.69) is 10.1 Å². The van der Waals surface area contributed by atoms with Gasteiger partial charge in [-0.15, -0.1) is 0 Å². The molecule has 0 aromatic heterocycles. The lowest BCUT2D eigenvalue weighted by Crippen LogP contribution is -2.45. The number of rotatable bonds is 8. The zero-order valence-electron chi connectivity index (χ0n) is 12.3. The van der Waals surface area contributed by atoms with Crippen LogP contribution >= 0.6 is 0 Å². The van der Waals surface area contributed by atoms with Gasteiger partial charge in [-0.3, -0.25) is 4.79 Å². The number of carbonyl (C=O) groups excluding carboxylic acids is 1. The average Bonchev–Trinajstić information content (AvgIpc) is 2.46. The van der Waals surface area contributed by atoms with E-state index in [1.807, 2.05) is 13.8 Å². The number of nitrogens with two attached hydrogens (primary N) is 1. The lowest BCUT2D eigenvalue weighted by atomic mass is 9.99. The first-order chi connectivity index (χ1) is 9.93. The van der Waals surface area contributed by atoms with Crippen LogP contribution in [0.1, 0.15) is 25.8 Å². The SMILES string of the molecule is CCC(C)C(N)C(=O)NCCc1ccc(OC(F)F)cc1. The maximum atomic E-state index is 12.0. The topological polar surface area (TPSA) is 64.4 Å². The third-order valence-electron chi connectivity index (χ3n) is 3.42. The third-order valence-corrected chi connectivity index (χ3v) is 3.42. The van der Waals surface area contributed by atoms with E-state index in [0.29, 0.717) is 13.0 Å². The summed E-state index contributed by atoms with van der Waals surface area (Å²) < 4.78 is 28.3. The molecule has 1 aromatic rings. The molecule has 2 unspecified atom stereocenters. The van der Waals surface area contributed by atoms with Gasteiger partial charge in [0.05, 0.1) is 6.04 Å². The van der Waals surface area contributed by atoms with E-state index in [0.717, 1.165) is 12.0 Å². The van der Waals surface area contributed by atoms with Crippen molar-refractivity contribution in [2.45, 2.75) is 39.3 Å². The van der Waals surface area contributed by atoms with Gasteiger partial charge in [0.2, 0.25) is 5.91 Å². The zero-order chi connectivity index (χ0) is 15.8. The second kappa shape index (κ2) is 8.56. The summed E-state index contributed by atoms with van der Waals surface area (Å²) in [6.07, 6.45) is 1.45. The molecule has 0 spiro atoms. The molecule has 1 rings (SSSR count). The number of amides is 1. The molecule has 0 bridgehead atoms. The molecule has 21 heavy (non-hydrogen) atoms. The number of carbonyl (C=O) groups is 1. The molecular formula is C15H22F2N2O2. The van der Waals surface area contributed by atoms with Crippen molar-refractivity contribution in [3.05, 3.63) is 29.8 Å². The molecule has 0 aliphatic heterocycles. The molecule has 0 heterocycles. The lowest BCUT2D eigenvalue weighted by molar-refractivity contribution is -0.123. The Kier molecular flexibility index (Phi) is 7.08. The summed E-state index contributed by atoms with van der Waals surface area (Å²) in [5.74, 6) is 0.0920. The van der Waals surface area contributed by atoms with Crippen molar-refractivity contribution in [3.8, 4) is 5.75 Å². The molecule has 0 saturated heterocycles. The number of ether oxygens (including phenoxy) is 1. The molecule has 0 aliphatic carbocycles. The van der Waals surface area contributed by atoms with Crippen LogP contribution in [-0.4, -0.2) is 25.1 Å². The van der Waals surface area contributed by atoms with Crippen molar-refractivity contribution in [2.75, 3.05) is 6.54 Å². The Morgan fingerprint density at radius 3 is 2.48 bits per heavy atom. The minimum atomic E-state index is -2.82. The van der Waals surface area contributed by atoms with Gasteiger partial charge in [-0.05, 0) is 30.0 Å². The number of benzene rings is 1. The van der Waals surface area contributed by atoms with Gasteiger partial charge in [0.25, 0.3) is 0 Å². The van der Waals surface area contributed by atoms with Gasteiger partial charge in [-0.1, -0.05) is 32.4 Å². The minimum absolute atomic E-state index is 0.122. The molecule has 1 amide bonds. The number of hydrogen-bond acceptors (Lipinski definition) is 3. The molecule has 0 saturated carbocycles. The van der Waals surface area contributed by atoms with Crippen LogP contribution < -0.4 is 15.8 Å². The summed E-state index contributed by atoms with van der Waals surface area (Å²) in [5.41, 5.74) is 6.74. The predicted octanol–water partition coefficient (Wildman–Crippen LogP) is 2.32. The van der Waals surface area contributed by atoms with Crippen molar-refractivity contribution in [2.24, 2.45) is 11.7 Å². The monoisotopic (exact) mass is 300 g/mol. The average molecular weight is 300 g/mol. The highest BCUT2D eigenvalue weighted by molar-refractivity contribution is 5.81. The third kappa shape index (κ3) is 6.08. The highest BCUT2D eigenvalue weighted by atomic mass is 19.3. The summed E-state index contributed by atoms with van der Waals surface area (Å²) in [7, 11) is 0. The van der Waals surface area contributed by atoms with E-state index in [4.69, 9.17) is 5.73 Å². The van der Waals surface area contributed by atoms with E-state index in [-0.39, 0.29) is 17.6 Å². The van der Waals surface area contributed by atoms with Crippen LogP contribution in [0.5, 0.6) is 5.75 Å². The Morgan fingerprint density at radius 1 is 1.33 bits per heavy atom. The van der Waals surface area contributed by atoms with Gasteiger partial charge < -0.3 is 15.8 Å². The molecule has 4 nitrogen and oxygen atoms in total. The molecule has 2 atom stereocenters. The fourth-order valence-corrected chi connectivity index (χ4v) is 1.80. The number of alkyl halides is 2. The Balaban J connectivity index is 2.37. The molecule has 1 aromatic carbocycles. The van der Waals surface area contributed by atoms with Gasteiger partial charge in [0.15, 0.2) is 0 Å². The van der Waals surface area contributed by atoms with Crippen molar-refractivity contribution >= 4 is 5.91 Å². The van der Waals surface area contributed by atoms with E-state index in [9.17, 15) is 13.6 Å². The van der Waals surface area contributed by atoms with E-state index in [1.54, 1.807) is 12.1 Å². The van der Waals surface area contributed by atoms with Gasteiger partial charge in [0, 0.05) is 6.54 Å². The molecule has 0 aliphatic rings. The quantitative estimate of drug-likeness (QED) is 0.774. The Bertz CT molecular complexity index is 438.